The predicted molar refractivity (Wildman–Crippen MR) is 95.4 cm³/mol. The summed E-state index contributed by atoms with van der Waals surface area (Å²) in [6, 6.07) is 20.7. The van der Waals surface area contributed by atoms with E-state index in [1.165, 1.54) is 18.4 Å². The number of hydrogen-bond donors (Lipinski definition) is 0. The van der Waals surface area contributed by atoms with Crippen LogP contribution in [0.2, 0.25) is 0 Å². The van der Waals surface area contributed by atoms with Crippen molar-refractivity contribution in [2.24, 2.45) is 0 Å². The molecule has 2 nitrogen and oxygen atoms in total. The van der Waals surface area contributed by atoms with Crippen molar-refractivity contribution in [3.05, 3.63) is 95.6 Å². The second-order valence-corrected chi connectivity index (χ2v) is 6.34. The Morgan fingerprint density at radius 1 is 0.792 bits per heavy atom. The lowest BCUT2D eigenvalue weighted by Gasteiger charge is -2.17. The number of allylic oxidation sites excluding steroid dienone is 3. The van der Waals surface area contributed by atoms with Crippen molar-refractivity contribution in [3.63, 3.8) is 0 Å². The fraction of sp³-hybridized carbons (Fsp3) is 0.273. The number of ether oxygens (including phenoxy) is 2. The van der Waals surface area contributed by atoms with E-state index in [2.05, 4.69) is 66.8 Å². The highest BCUT2D eigenvalue weighted by Crippen LogP contribution is 2.43. The lowest BCUT2D eigenvalue weighted by molar-refractivity contribution is -0.0295. The highest BCUT2D eigenvalue weighted by atomic mass is 16.7. The van der Waals surface area contributed by atoms with E-state index in [1.807, 2.05) is 12.1 Å². The minimum atomic E-state index is -0.293. The second kappa shape index (κ2) is 7.16. The quantitative estimate of drug-likeness (QED) is 0.743. The van der Waals surface area contributed by atoms with Gasteiger partial charge in [0.25, 0.3) is 0 Å². The number of rotatable bonds is 3. The van der Waals surface area contributed by atoms with Gasteiger partial charge >= 0.3 is 0 Å². The van der Waals surface area contributed by atoms with Gasteiger partial charge in [-0.1, -0.05) is 72.8 Å². The van der Waals surface area contributed by atoms with Gasteiger partial charge < -0.3 is 9.47 Å². The van der Waals surface area contributed by atoms with Crippen molar-refractivity contribution in [2.45, 2.75) is 37.8 Å². The molecule has 0 saturated carbocycles. The molecule has 1 heterocycles. The van der Waals surface area contributed by atoms with Crippen molar-refractivity contribution >= 4 is 0 Å². The molecule has 2 aromatic carbocycles. The Morgan fingerprint density at radius 2 is 1.38 bits per heavy atom. The van der Waals surface area contributed by atoms with Crippen LogP contribution < -0.4 is 0 Å². The molecule has 122 valence electrons. The van der Waals surface area contributed by atoms with Crippen LogP contribution in [0.4, 0.5) is 0 Å². The van der Waals surface area contributed by atoms with Gasteiger partial charge in [0.2, 0.25) is 0 Å². The molecule has 0 spiro atoms. The minimum Gasteiger partial charge on any atom is -0.338 e. The predicted octanol–water partition coefficient (Wildman–Crippen LogP) is 5.51. The van der Waals surface area contributed by atoms with E-state index >= 15 is 0 Å². The molecule has 2 aliphatic rings. The summed E-state index contributed by atoms with van der Waals surface area (Å²) in [6.07, 6.45) is 9.59. The third-order valence-electron chi connectivity index (χ3n) is 4.61. The Balaban J connectivity index is 1.62. The summed E-state index contributed by atoms with van der Waals surface area (Å²) in [5.41, 5.74) is 3.63. The standard InChI is InChI=1S/C22H22O2/c1-4-10-17(11-5-1)16-20-23-21(18-12-6-2-7-13-18)22(24-20)19-14-8-3-9-15-19/h2-4,6-10,12-16,20-22H,1,5,11H2/b17-16-/t21-,22-/m1/s1. The third kappa shape index (κ3) is 3.35. The summed E-state index contributed by atoms with van der Waals surface area (Å²) in [7, 11) is 0. The fourth-order valence-electron chi connectivity index (χ4n) is 3.39. The van der Waals surface area contributed by atoms with Crippen LogP contribution in [0.3, 0.4) is 0 Å². The Bertz CT molecular complexity index is 671. The average molecular weight is 318 g/mol. The monoisotopic (exact) mass is 318 g/mol. The average Bonchev–Trinajstić information content (AvgIpc) is 3.08. The van der Waals surface area contributed by atoms with E-state index in [-0.39, 0.29) is 18.5 Å². The Hall–Kier alpha value is -2.16. The van der Waals surface area contributed by atoms with Gasteiger partial charge in [-0.05, 0) is 42.0 Å². The number of hydrogen-bond acceptors (Lipinski definition) is 2. The van der Waals surface area contributed by atoms with Crippen molar-refractivity contribution in [1.29, 1.82) is 0 Å². The van der Waals surface area contributed by atoms with Crippen molar-refractivity contribution in [3.8, 4) is 0 Å². The lowest BCUT2D eigenvalue weighted by Crippen LogP contribution is -2.06. The van der Waals surface area contributed by atoms with Gasteiger partial charge in [0.05, 0.1) is 0 Å². The van der Waals surface area contributed by atoms with Crippen LogP contribution in [0.5, 0.6) is 0 Å². The first-order valence-corrected chi connectivity index (χ1v) is 8.68. The van der Waals surface area contributed by atoms with Gasteiger partial charge in [0.1, 0.15) is 12.2 Å². The normalized spacial score (nSPS) is 26.1. The fourth-order valence-corrected chi connectivity index (χ4v) is 3.39. The van der Waals surface area contributed by atoms with Crippen molar-refractivity contribution in [2.75, 3.05) is 0 Å². The van der Waals surface area contributed by atoms with Crippen LogP contribution in [0.15, 0.2) is 84.5 Å². The van der Waals surface area contributed by atoms with Gasteiger partial charge in [-0.15, -0.1) is 0 Å². The Morgan fingerprint density at radius 3 is 1.88 bits per heavy atom. The molecule has 0 unspecified atom stereocenters. The first-order valence-electron chi connectivity index (χ1n) is 8.68. The van der Waals surface area contributed by atoms with E-state index in [0.29, 0.717) is 0 Å². The summed E-state index contributed by atoms with van der Waals surface area (Å²) in [4.78, 5) is 0. The minimum absolute atomic E-state index is 0.0805. The molecular weight excluding hydrogens is 296 g/mol. The highest BCUT2D eigenvalue weighted by molar-refractivity contribution is 5.28. The second-order valence-electron chi connectivity index (χ2n) is 6.34. The van der Waals surface area contributed by atoms with Crippen LogP contribution >= 0.6 is 0 Å². The molecule has 24 heavy (non-hydrogen) atoms. The molecule has 0 bridgehead atoms. The number of benzene rings is 2. The molecule has 1 aliphatic carbocycles. The molecule has 4 rings (SSSR count). The van der Waals surface area contributed by atoms with Crippen LogP contribution in [0.1, 0.15) is 42.6 Å². The summed E-state index contributed by atoms with van der Waals surface area (Å²) in [5, 5.41) is 0. The summed E-state index contributed by atoms with van der Waals surface area (Å²) >= 11 is 0. The zero-order valence-electron chi connectivity index (χ0n) is 13.7. The third-order valence-corrected chi connectivity index (χ3v) is 4.61. The van der Waals surface area contributed by atoms with Crippen LogP contribution in [-0.2, 0) is 9.47 Å². The maximum absolute atomic E-state index is 6.28. The van der Waals surface area contributed by atoms with Gasteiger partial charge in [0, 0.05) is 0 Å². The first kappa shape index (κ1) is 15.4. The topological polar surface area (TPSA) is 18.5 Å². The molecule has 0 radical (unpaired) electrons. The lowest BCUT2D eigenvalue weighted by atomic mass is 9.99. The summed E-state index contributed by atoms with van der Waals surface area (Å²) in [6.45, 7) is 0. The van der Waals surface area contributed by atoms with Gasteiger partial charge in [-0.2, -0.15) is 0 Å². The molecule has 0 aromatic heterocycles. The molecule has 2 heteroatoms. The smallest absolute Gasteiger partial charge is 0.179 e. The summed E-state index contributed by atoms with van der Waals surface area (Å²) < 4.78 is 12.6. The highest BCUT2D eigenvalue weighted by Gasteiger charge is 2.37. The molecule has 2 atom stereocenters. The first-order chi connectivity index (χ1) is 11.9. The molecular formula is C22H22O2. The zero-order chi connectivity index (χ0) is 16.2. The Kier molecular flexibility index (Phi) is 4.59. The largest absolute Gasteiger partial charge is 0.338 e. The van der Waals surface area contributed by atoms with Crippen LogP contribution in [-0.4, -0.2) is 6.29 Å². The van der Waals surface area contributed by atoms with Crippen LogP contribution in [0, 0.1) is 0 Å². The van der Waals surface area contributed by atoms with Gasteiger partial charge in [-0.25, -0.2) is 0 Å². The molecule has 2 aromatic rings. The molecule has 0 N–H and O–H groups in total. The van der Waals surface area contributed by atoms with E-state index in [4.69, 9.17) is 9.47 Å². The van der Waals surface area contributed by atoms with Gasteiger partial charge in [0.15, 0.2) is 6.29 Å². The SMILES string of the molecule is C1=C/C(=C/C2O[C@H](c3ccccc3)[C@@H](c3ccccc3)O2)CCC1. The summed E-state index contributed by atoms with van der Waals surface area (Å²) in [5.74, 6) is 0. The molecule has 1 saturated heterocycles. The van der Waals surface area contributed by atoms with E-state index in [0.717, 1.165) is 17.5 Å². The zero-order valence-corrected chi connectivity index (χ0v) is 13.7. The molecule has 1 aliphatic heterocycles. The van der Waals surface area contributed by atoms with Crippen molar-refractivity contribution in [1.82, 2.24) is 0 Å². The van der Waals surface area contributed by atoms with Crippen LogP contribution in [0.25, 0.3) is 0 Å². The maximum Gasteiger partial charge on any atom is 0.179 e. The molecule has 1 fully saturated rings. The van der Waals surface area contributed by atoms with E-state index < -0.39 is 0 Å². The maximum atomic E-state index is 6.28. The Labute approximate surface area is 143 Å². The van der Waals surface area contributed by atoms with Gasteiger partial charge in [-0.3, -0.25) is 0 Å². The van der Waals surface area contributed by atoms with E-state index in [1.54, 1.807) is 0 Å². The molecule has 0 amide bonds. The van der Waals surface area contributed by atoms with Crippen molar-refractivity contribution < 1.29 is 9.47 Å². The van der Waals surface area contributed by atoms with E-state index in [9.17, 15) is 0 Å².